The van der Waals surface area contributed by atoms with Crippen LogP contribution in [0.1, 0.15) is 11.3 Å². The number of hydrogen-bond donors (Lipinski definition) is 1. The third-order valence-electron chi connectivity index (χ3n) is 4.14. The van der Waals surface area contributed by atoms with Crippen molar-refractivity contribution >= 4 is 5.82 Å². The highest BCUT2D eigenvalue weighted by Gasteiger charge is 2.23. The number of aromatic nitrogens is 2. The van der Waals surface area contributed by atoms with Crippen molar-refractivity contribution in [2.24, 2.45) is 0 Å². The second kappa shape index (κ2) is 7.59. The first-order valence-electron chi connectivity index (χ1n) is 8.22. The van der Waals surface area contributed by atoms with E-state index in [-0.39, 0.29) is 0 Å². The Balaban J connectivity index is 1.57. The van der Waals surface area contributed by atoms with E-state index in [1.807, 2.05) is 49.3 Å². The number of ether oxygens (including phenoxy) is 1. The number of hydrogen-bond acceptors (Lipinski definition) is 6. The van der Waals surface area contributed by atoms with Gasteiger partial charge in [0.05, 0.1) is 5.69 Å². The third-order valence-corrected chi connectivity index (χ3v) is 4.14. The first-order chi connectivity index (χ1) is 11.6. The Hall–Kier alpha value is -2.18. The summed E-state index contributed by atoms with van der Waals surface area (Å²) in [5, 5.41) is 10.3. The van der Waals surface area contributed by atoms with Crippen LogP contribution in [0.5, 0.6) is 5.75 Å². The minimum absolute atomic E-state index is 0.291. The van der Waals surface area contributed by atoms with Gasteiger partial charge in [0.25, 0.3) is 0 Å². The molecule has 2 heterocycles. The third kappa shape index (κ3) is 4.01. The van der Waals surface area contributed by atoms with Gasteiger partial charge in [0.15, 0.2) is 0 Å². The minimum Gasteiger partial charge on any atom is -0.491 e. The van der Waals surface area contributed by atoms with Crippen LogP contribution in [-0.4, -0.2) is 59.9 Å². The molecule has 3 rings (SSSR count). The topological polar surface area (TPSA) is 61.7 Å². The molecule has 0 radical (unpaired) electrons. The minimum atomic E-state index is -0.529. The number of β-amino-alcohol motifs (C(OH)–C–C–N with tert-alkyl or cyclic N) is 1. The molecule has 0 unspecified atom stereocenters. The molecule has 1 N–H and O–H groups in total. The monoisotopic (exact) mass is 328 g/mol. The molecular weight excluding hydrogens is 304 g/mol. The van der Waals surface area contributed by atoms with Crippen molar-refractivity contribution in [3.63, 3.8) is 0 Å². The maximum Gasteiger partial charge on any atom is 0.136 e. The van der Waals surface area contributed by atoms with E-state index in [0.717, 1.165) is 42.3 Å². The predicted molar refractivity (Wildman–Crippen MR) is 93.3 cm³/mol. The standard InChI is InChI=1S/C18H24N4O2/c1-21(2)18-16-11-22(9-8-17(16)19-13-20-18)10-14(23)12-24-15-6-4-3-5-7-15/h3-7,13-14,23H,8-12H2,1-2H3/t14-/m1/s1. The van der Waals surface area contributed by atoms with Gasteiger partial charge in [-0.15, -0.1) is 0 Å². The van der Waals surface area contributed by atoms with Crippen molar-refractivity contribution in [1.29, 1.82) is 0 Å². The maximum atomic E-state index is 10.3. The number of fused-ring (bicyclic) bond motifs is 1. The van der Waals surface area contributed by atoms with Crippen LogP contribution in [0, 0.1) is 0 Å². The number of benzene rings is 1. The highest BCUT2D eigenvalue weighted by atomic mass is 16.5. The second-order valence-electron chi connectivity index (χ2n) is 6.28. The van der Waals surface area contributed by atoms with Crippen molar-refractivity contribution in [2.45, 2.75) is 19.1 Å². The molecular formula is C18H24N4O2. The van der Waals surface area contributed by atoms with Crippen molar-refractivity contribution in [3.05, 3.63) is 47.9 Å². The molecule has 1 aromatic carbocycles. The van der Waals surface area contributed by atoms with Gasteiger partial charge >= 0.3 is 0 Å². The van der Waals surface area contributed by atoms with Gasteiger partial charge in [-0.25, -0.2) is 9.97 Å². The fourth-order valence-corrected chi connectivity index (χ4v) is 2.98. The highest BCUT2D eigenvalue weighted by molar-refractivity contribution is 5.48. The van der Waals surface area contributed by atoms with Gasteiger partial charge < -0.3 is 14.7 Å². The zero-order valence-electron chi connectivity index (χ0n) is 14.2. The van der Waals surface area contributed by atoms with E-state index >= 15 is 0 Å². The van der Waals surface area contributed by atoms with E-state index in [4.69, 9.17) is 4.74 Å². The molecule has 0 fully saturated rings. The normalized spacial score (nSPS) is 15.6. The van der Waals surface area contributed by atoms with Gasteiger partial charge in [-0.05, 0) is 12.1 Å². The van der Waals surface area contributed by atoms with E-state index in [9.17, 15) is 5.11 Å². The summed E-state index contributed by atoms with van der Waals surface area (Å²) in [5.41, 5.74) is 2.27. The van der Waals surface area contributed by atoms with Crippen molar-refractivity contribution in [1.82, 2.24) is 14.9 Å². The van der Waals surface area contributed by atoms with Gasteiger partial charge in [-0.1, -0.05) is 18.2 Å². The molecule has 0 saturated heterocycles. The second-order valence-corrected chi connectivity index (χ2v) is 6.28. The number of para-hydroxylation sites is 1. The van der Waals surface area contributed by atoms with Gasteiger partial charge in [0, 0.05) is 45.7 Å². The molecule has 1 atom stereocenters. The summed E-state index contributed by atoms with van der Waals surface area (Å²) in [5.74, 6) is 1.74. The van der Waals surface area contributed by atoms with Crippen LogP contribution in [0.3, 0.4) is 0 Å². The Labute approximate surface area is 142 Å². The van der Waals surface area contributed by atoms with Crippen LogP contribution >= 0.6 is 0 Å². The Morgan fingerprint density at radius 1 is 1.25 bits per heavy atom. The van der Waals surface area contributed by atoms with E-state index in [2.05, 4.69) is 14.9 Å². The van der Waals surface area contributed by atoms with Crippen LogP contribution in [-0.2, 0) is 13.0 Å². The van der Waals surface area contributed by atoms with Crippen molar-refractivity contribution in [3.8, 4) is 5.75 Å². The first kappa shape index (κ1) is 16.7. The van der Waals surface area contributed by atoms with Crippen LogP contribution in [0.15, 0.2) is 36.7 Å². The van der Waals surface area contributed by atoms with E-state index in [1.54, 1.807) is 6.33 Å². The molecule has 128 valence electrons. The van der Waals surface area contributed by atoms with Crippen molar-refractivity contribution in [2.75, 3.05) is 38.7 Å². The summed E-state index contributed by atoms with van der Waals surface area (Å²) < 4.78 is 5.63. The smallest absolute Gasteiger partial charge is 0.136 e. The number of aliphatic hydroxyl groups is 1. The molecule has 0 amide bonds. The molecule has 1 aromatic heterocycles. The lowest BCUT2D eigenvalue weighted by Gasteiger charge is -2.31. The SMILES string of the molecule is CN(C)c1ncnc2c1CN(C[C@@H](O)COc1ccccc1)CC2. The van der Waals surface area contributed by atoms with Crippen LogP contribution < -0.4 is 9.64 Å². The zero-order valence-corrected chi connectivity index (χ0v) is 14.2. The fourth-order valence-electron chi connectivity index (χ4n) is 2.98. The summed E-state index contributed by atoms with van der Waals surface area (Å²) in [6, 6.07) is 9.58. The molecule has 0 spiro atoms. The molecule has 6 nitrogen and oxygen atoms in total. The summed E-state index contributed by atoms with van der Waals surface area (Å²) in [6.07, 6.45) is 1.98. The quantitative estimate of drug-likeness (QED) is 0.863. The van der Waals surface area contributed by atoms with E-state index in [1.165, 1.54) is 0 Å². The molecule has 1 aliphatic heterocycles. The predicted octanol–water partition coefficient (Wildman–Crippen LogP) is 1.34. The zero-order chi connectivity index (χ0) is 16.9. The average Bonchev–Trinajstić information content (AvgIpc) is 2.60. The summed E-state index contributed by atoms with van der Waals surface area (Å²) in [6.45, 7) is 2.51. The number of anilines is 1. The lowest BCUT2D eigenvalue weighted by molar-refractivity contribution is 0.0635. The average molecular weight is 328 g/mol. The Morgan fingerprint density at radius 2 is 2.04 bits per heavy atom. The van der Waals surface area contributed by atoms with Crippen LogP contribution in [0.4, 0.5) is 5.82 Å². The molecule has 24 heavy (non-hydrogen) atoms. The highest BCUT2D eigenvalue weighted by Crippen LogP contribution is 2.24. The van der Waals surface area contributed by atoms with Crippen molar-refractivity contribution < 1.29 is 9.84 Å². The van der Waals surface area contributed by atoms with Crippen LogP contribution in [0.2, 0.25) is 0 Å². The summed E-state index contributed by atoms with van der Waals surface area (Å²) in [4.78, 5) is 13.0. The van der Waals surface area contributed by atoms with Gasteiger partial charge in [-0.3, -0.25) is 4.90 Å². The summed E-state index contributed by atoms with van der Waals surface area (Å²) in [7, 11) is 3.98. The Morgan fingerprint density at radius 3 is 2.79 bits per heavy atom. The Kier molecular flexibility index (Phi) is 5.27. The molecule has 0 aliphatic carbocycles. The van der Waals surface area contributed by atoms with Gasteiger partial charge in [0.2, 0.25) is 0 Å². The van der Waals surface area contributed by atoms with E-state index in [0.29, 0.717) is 13.2 Å². The number of rotatable bonds is 6. The summed E-state index contributed by atoms with van der Waals surface area (Å²) >= 11 is 0. The fraction of sp³-hybridized carbons (Fsp3) is 0.444. The Bertz CT molecular complexity index is 663. The maximum absolute atomic E-state index is 10.3. The lowest BCUT2D eigenvalue weighted by atomic mass is 10.1. The largest absolute Gasteiger partial charge is 0.491 e. The lowest BCUT2D eigenvalue weighted by Crippen LogP contribution is -2.39. The first-order valence-corrected chi connectivity index (χ1v) is 8.22. The molecule has 2 aromatic rings. The molecule has 0 bridgehead atoms. The van der Waals surface area contributed by atoms with Crippen LogP contribution in [0.25, 0.3) is 0 Å². The molecule has 0 saturated carbocycles. The number of aliphatic hydroxyl groups excluding tert-OH is 1. The molecule has 6 heteroatoms. The van der Waals surface area contributed by atoms with Gasteiger partial charge in [-0.2, -0.15) is 0 Å². The molecule has 1 aliphatic rings. The number of nitrogens with zero attached hydrogens (tertiary/aromatic N) is 4. The van der Waals surface area contributed by atoms with E-state index < -0.39 is 6.10 Å². The van der Waals surface area contributed by atoms with Gasteiger partial charge in [0.1, 0.15) is 30.6 Å².